The largest absolute Gasteiger partial charge is 0.359 e. The first-order valence-corrected chi connectivity index (χ1v) is 11.7. The van der Waals surface area contributed by atoms with Gasteiger partial charge >= 0.3 is 0 Å². The number of benzene rings is 1. The highest BCUT2D eigenvalue weighted by molar-refractivity contribution is 6.36. The maximum absolute atomic E-state index is 13.7. The number of H-pyrrole nitrogens is 1. The number of carbonyl (C=O) groups excluding carboxylic acids is 1. The van der Waals surface area contributed by atoms with Crippen LogP contribution in [0.1, 0.15) is 48.2 Å². The Bertz CT molecular complexity index is 1190. The lowest BCUT2D eigenvalue weighted by molar-refractivity contribution is -0.113. The normalized spacial score (nSPS) is 20.9. The van der Waals surface area contributed by atoms with Gasteiger partial charge in [-0.15, -0.1) is 12.4 Å². The minimum Gasteiger partial charge on any atom is -0.359 e. The molecule has 7 heteroatoms. The van der Waals surface area contributed by atoms with Crippen molar-refractivity contribution < 1.29 is 4.79 Å². The van der Waals surface area contributed by atoms with Crippen LogP contribution in [0.25, 0.3) is 11.6 Å². The standard InChI is InChI=1S/C27H31N5O.ClH/c1-17-13-18(2)30-25(17)15-24-23-8-7-22(31-21-9-11-29-12-10-21)14-26(23)32(27(24)33)16-19-3-5-20(28)6-4-19;/h7-15,19-20,30H,3-6,16,28H2,1-2H3,(H,29,31);1H/b24-15-;. The predicted octanol–water partition coefficient (Wildman–Crippen LogP) is 5.60. The van der Waals surface area contributed by atoms with Gasteiger partial charge in [-0.3, -0.25) is 9.78 Å². The van der Waals surface area contributed by atoms with Crippen LogP contribution in [0.2, 0.25) is 0 Å². The Kier molecular flexibility index (Phi) is 7.10. The molecule has 5 rings (SSSR count). The van der Waals surface area contributed by atoms with E-state index in [2.05, 4.69) is 40.4 Å². The number of nitrogens with zero attached hydrogens (tertiary/aromatic N) is 2. The number of rotatable bonds is 5. The average molecular weight is 478 g/mol. The Balaban J connectivity index is 0.00000274. The SMILES string of the molecule is Cc1cc(C)c(/C=C2\C(=O)N(CC3CCC(N)CC3)c3cc(Nc4ccncc4)ccc32)[nH]1.Cl. The number of hydrogen-bond donors (Lipinski definition) is 3. The number of amides is 1. The van der Waals surface area contributed by atoms with E-state index in [1.54, 1.807) is 12.4 Å². The lowest BCUT2D eigenvalue weighted by atomic mass is 9.86. The molecule has 178 valence electrons. The Morgan fingerprint density at radius 3 is 2.50 bits per heavy atom. The van der Waals surface area contributed by atoms with E-state index in [1.165, 1.54) is 0 Å². The van der Waals surface area contributed by atoms with Gasteiger partial charge in [-0.2, -0.15) is 0 Å². The van der Waals surface area contributed by atoms with Gasteiger partial charge in [-0.05, 0) is 87.4 Å². The topological polar surface area (TPSA) is 87.0 Å². The summed E-state index contributed by atoms with van der Waals surface area (Å²) in [6.07, 6.45) is 9.75. The van der Waals surface area contributed by atoms with Gasteiger partial charge in [0.05, 0.1) is 11.3 Å². The lowest BCUT2D eigenvalue weighted by Crippen LogP contribution is -2.36. The van der Waals surface area contributed by atoms with Gasteiger partial charge in [-0.1, -0.05) is 6.07 Å². The molecule has 0 unspecified atom stereocenters. The van der Waals surface area contributed by atoms with Crippen molar-refractivity contribution in [1.29, 1.82) is 0 Å². The van der Waals surface area contributed by atoms with Crippen molar-refractivity contribution in [3.05, 3.63) is 71.3 Å². The zero-order chi connectivity index (χ0) is 22.9. The third-order valence-electron chi connectivity index (χ3n) is 6.83. The van der Waals surface area contributed by atoms with Crippen molar-refractivity contribution in [3.63, 3.8) is 0 Å². The number of halogens is 1. The van der Waals surface area contributed by atoms with Crippen LogP contribution >= 0.6 is 12.4 Å². The van der Waals surface area contributed by atoms with Crippen LogP contribution in [0.5, 0.6) is 0 Å². The number of fused-ring (bicyclic) bond motifs is 1. The second-order valence-corrected chi connectivity index (χ2v) is 9.40. The number of aromatic amines is 1. The second-order valence-electron chi connectivity index (χ2n) is 9.40. The van der Waals surface area contributed by atoms with E-state index in [0.29, 0.717) is 12.0 Å². The van der Waals surface area contributed by atoms with Crippen molar-refractivity contribution in [2.45, 2.75) is 45.6 Å². The van der Waals surface area contributed by atoms with Crippen molar-refractivity contribution in [2.75, 3.05) is 16.8 Å². The average Bonchev–Trinajstić information content (AvgIpc) is 3.26. The first kappa shape index (κ1) is 24.0. The van der Waals surface area contributed by atoms with Crippen LogP contribution in [0.3, 0.4) is 0 Å². The lowest BCUT2D eigenvalue weighted by Gasteiger charge is -2.30. The Labute approximate surface area is 207 Å². The smallest absolute Gasteiger partial charge is 0.259 e. The van der Waals surface area contributed by atoms with Crippen LogP contribution in [0.15, 0.2) is 48.8 Å². The van der Waals surface area contributed by atoms with Crippen molar-refractivity contribution in [1.82, 2.24) is 9.97 Å². The maximum atomic E-state index is 13.7. The monoisotopic (exact) mass is 477 g/mol. The molecule has 1 aliphatic carbocycles. The number of nitrogens with one attached hydrogen (secondary N) is 2. The molecule has 4 N–H and O–H groups in total. The summed E-state index contributed by atoms with van der Waals surface area (Å²) in [5.74, 6) is 0.555. The first-order valence-electron chi connectivity index (χ1n) is 11.7. The molecule has 0 bridgehead atoms. The Hall–Kier alpha value is -3.09. The molecule has 0 radical (unpaired) electrons. The Morgan fingerprint density at radius 2 is 1.82 bits per heavy atom. The van der Waals surface area contributed by atoms with E-state index < -0.39 is 0 Å². The molecule has 1 amide bonds. The summed E-state index contributed by atoms with van der Waals surface area (Å²) in [5.41, 5.74) is 14.0. The Morgan fingerprint density at radius 1 is 1.09 bits per heavy atom. The van der Waals surface area contributed by atoms with E-state index in [4.69, 9.17) is 5.73 Å². The molecule has 2 aromatic heterocycles. The number of pyridine rings is 1. The van der Waals surface area contributed by atoms with E-state index in [9.17, 15) is 4.79 Å². The van der Waals surface area contributed by atoms with Gasteiger partial charge in [0.15, 0.2) is 0 Å². The van der Waals surface area contributed by atoms with Crippen LogP contribution in [0, 0.1) is 19.8 Å². The third kappa shape index (κ3) is 4.88. The predicted molar refractivity (Wildman–Crippen MR) is 142 cm³/mol. The number of anilines is 3. The third-order valence-corrected chi connectivity index (χ3v) is 6.83. The minimum absolute atomic E-state index is 0. The van der Waals surface area contributed by atoms with E-state index in [1.807, 2.05) is 36.1 Å². The van der Waals surface area contributed by atoms with E-state index in [-0.39, 0.29) is 18.3 Å². The van der Waals surface area contributed by atoms with Gasteiger partial charge < -0.3 is 20.9 Å². The summed E-state index contributed by atoms with van der Waals surface area (Å²) >= 11 is 0. The molecule has 1 aliphatic heterocycles. The molecule has 1 saturated carbocycles. The fraction of sp³-hybridized carbons (Fsp3) is 0.333. The van der Waals surface area contributed by atoms with Crippen LogP contribution < -0.4 is 16.0 Å². The molecule has 1 fully saturated rings. The number of aromatic nitrogens is 2. The maximum Gasteiger partial charge on any atom is 0.259 e. The fourth-order valence-corrected chi connectivity index (χ4v) is 5.03. The molecule has 1 aromatic carbocycles. The van der Waals surface area contributed by atoms with Crippen molar-refractivity contribution in [3.8, 4) is 0 Å². The van der Waals surface area contributed by atoms with Crippen molar-refractivity contribution in [2.24, 2.45) is 11.7 Å². The number of hydrogen-bond acceptors (Lipinski definition) is 4. The summed E-state index contributed by atoms with van der Waals surface area (Å²) in [7, 11) is 0. The van der Waals surface area contributed by atoms with Gasteiger partial charge in [0.2, 0.25) is 0 Å². The molecular weight excluding hydrogens is 446 g/mol. The quantitative estimate of drug-likeness (QED) is 0.417. The van der Waals surface area contributed by atoms with Gasteiger partial charge in [-0.25, -0.2) is 0 Å². The molecule has 3 aromatic rings. The molecule has 0 atom stereocenters. The zero-order valence-corrected chi connectivity index (χ0v) is 20.5. The van der Waals surface area contributed by atoms with E-state index >= 15 is 0 Å². The zero-order valence-electron chi connectivity index (χ0n) is 19.7. The fourth-order valence-electron chi connectivity index (χ4n) is 5.03. The summed E-state index contributed by atoms with van der Waals surface area (Å²) in [6, 6.07) is 12.5. The summed E-state index contributed by atoms with van der Waals surface area (Å²) in [5, 5.41) is 3.44. The second kappa shape index (κ2) is 10.0. The first-order chi connectivity index (χ1) is 16.0. The van der Waals surface area contributed by atoms with Gasteiger partial charge in [0.1, 0.15) is 0 Å². The molecule has 6 nitrogen and oxygen atoms in total. The minimum atomic E-state index is 0. The molecule has 3 heterocycles. The number of carbonyl (C=O) groups is 1. The highest BCUT2D eigenvalue weighted by Gasteiger charge is 2.35. The van der Waals surface area contributed by atoms with Crippen molar-refractivity contribution >= 4 is 47.0 Å². The van der Waals surface area contributed by atoms with E-state index in [0.717, 1.165) is 77.4 Å². The summed E-state index contributed by atoms with van der Waals surface area (Å²) in [6.45, 7) is 4.84. The molecular formula is C27H32ClN5O. The molecule has 2 aliphatic rings. The number of nitrogens with two attached hydrogens (primary N) is 1. The van der Waals surface area contributed by atoms with Crippen LogP contribution in [-0.4, -0.2) is 28.5 Å². The number of aryl methyl sites for hydroxylation is 2. The molecule has 34 heavy (non-hydrogen) atoms. The highest BCUT2D eigenvalue weighted by Crippen LogP contribution is 2.41. The molecule has 0 saturated heterocycles. The highest BCUT2D eigenvalue weighted by atomic mass is 35.5. The molecule has 0 spiro atoms. The van der Waals surface area contributed by atoms with Crippen LogP contribution in [0.4, 0.5) is 17.1 Å². The summed E-state index contributed by atoms with van der Waals surface area (Å²) < 4.78 is 0. The van der Waals surface area contributed by atoms with Gasteiger partial charge in [0, 0.05) is 53.3 Å². The van der Waals surface area contributed by atoms with Crippen LogP contribution in [-0.2, 0) is 4.79 Å². The van der Waals surface area contributed by atoms with Gasteiger partial charge in [0.25, 0.3) is 5.91 Å². The summed E-state index contributed by atoms with van der Waals surface area (Å²) in [4.78, 5) is 23.1.